The Balaban J connectivity index is 1.27. The van der Waals surface area contributed by atoms with E-state index >= 15 is 0 Å². The molecule has 0 fully saturated rings. The maximum Gasteiger partial charge on any atom is 0.144 e. The van der Waals surface area contributed by atoms with Crippen LogP contribution < -0.4 is 14.9 Å². The van der Waals surface area contributed by atoms with Gasteiger partial charge in [0.05, 0.1) is 0 Å². The number of nitrogens with zero attached hydrogens (tertiary/aromatic N) is 1. The number of ether oxygens (including phenoxy) is 2. The van der Waals surface area contributed by atoms with Gasteiger partial charge in [-0.25, -0.2) is 4.68 Å². The van der Waals surface area contributed by atoms with Crippen molar-refractivity contribution in [3.8, 4) is 22.6 Å². The summed E-state index contributed by atoms with van der Waals surface area (Å²) in [6, 6.07) is 20.1. The van der Waals surface area contributed by atoms with Crippen molar-refractivity contribution in [2.75, 3.05) is 5.43 Å². The van der Waals surface area contributed by atoms with Crippen LogP contribution in [0.25, 0.3) is 11.1 Å². The van der Waals surface area contributed by atoms with Gasteiger partial charge in [-0.2, -0.15) is 0 Å². The number of benzene rings is 3. The average Bonchev–Trinajstić information content (AvgIpc) is 3.34. The first-order valence-corrected chi connectivity index (χ1v) is 14.2. The summed E-state index contributed by atoms with van der Waals surface area (Å²) in [6.45, 7) is 9.43. The molecule has 0 amide bonds. The highest BCUT2D eigenvalue weighted by atomic mass is 16.5. The van der Waals surface area contributed by atoms with E-state index in [9.17, 15) is 0 Å². The van der Waals surface area contributed by atoms with Crippen molar-refractivity contribution in [1.82, 2.24) is 4.68 Å². The van der Waals surface area contributed by atoms with Crippen LogP contribution in [-0.2, 0) is 32.3 Å². The summed E-state index contributed by atoms with van der Waals surface area (Å²) < 4.78 is 15.1. The first kappa shape index (κ1) is 24.7. The minimum atomic E-state index is 0.0566. The molecule has 3 aromatic carbocycles. The largest absolute Gasteiger partial charge is 0.488 e. The van der Waals surface area contributed by atoms with Crippen molar-refractivity contribution in [3.63, 3.8) is 0 Å². The molecule has 0 bridgehead atoms. The van der Waals surface area contributed by atoms with Gasteiger partial charge in [-0.3, -0.25) is 5.43 Å². The summed E-state index contributed by atoms with van der Waals surface area (Å²) in [7, 11) is 0. The van der Waals surface area contributed by atoms with Gasteiger partial charge in [0.15, 0.2) is 0 Å². The lowest BCUT2D eigenvalue weighted by Gasteiger charge is -2.20. The van der Waals surface area contributed by atoms with E-state index in [0.717, 1.165) is 55.0 Å². The fourth-order valence-corrected chi connectivity index (χ4v) is 6.14. The number of anilines is 1. The Bertz CT molecular complexity index is 1460. The SMILES string of the molecule is CCCc1cccc(-c2cccc3c2CC[C@@H]3Oc2cc(OCc3cc4n(c3)N4)c(CC)cc2C)c1CC. The quantitative estimate of drug-likeness (QED) is 0.194. The third-order valence-electron chi connectivity index (χ3n) is 8.12. The average molecular weight is 507 g/mol. The maximum atomic E-state index is 6.75. The van der Waals surface area contributed by atoms with Crippen LogP contribution >= 0.6 is 0 Å². The van der Waals surface area contributed by atoms with E-state index in [0.29, 0.717) is 6.61 Å². The lowest BCUT2D eigenvalue weighted by atomic mass is 9.88. The number of fused-ring (bicyclic) bond motifs is 2. The normalized spacial score (nSPS) is 15.1. The van der Waals surface area contributed by atoms with Crippen LogP contribution in [0.2, 0.25) is 0 Å². The number of hydrogen-bond acceptors (Lipinski definition) is 3. The monoisotopic (exact) mass is 506 g/mol. The Hall–Kier alpha value is -3.66. The second-order valence-corrected chi connectivity index (χ2v) is 10.6. The standard InChI is InChI=1S/C34H38N2O2/c1-5-10-25-11-8-12-27(26(25)7-3)28-13-9-14-30-29(28)15-16-31(30)38-32-19-33(24(6-2)17-22(32)4)37-21-23-18-34-35-36(34)20-23/h8-9,11-14,17-20,31,35H,5-7,10,15-16,21H2,1-4H3/t31-,36?/m0/s1. The van der Waals surface area contributed by atoms with E-state index < -0.39 is 0 Å². The predicted molar refractivity (Wildman–Crippen MR) is 155 cm³/mol. The van der Waals surface area contributed by atoms with E-state index in [-0.39, 0.29) is 6.10 Å². The zero-order valence-corrected chi connectivity index (χ0v) is 23.1. The Morgan fingerprint density at radius 3 is 2.53 bits per heavy atom. The molecule has 1 atom stereocenters. The molecule has 196 valence electrons. The van der Waals surface area contributed by atoms with Crippen LogP contribution in [0, 0.1) is 6.92 Å². The van der Waals surface area contributed by atoms with Crippen molar-refractivity contribution in [1.29, 1.82) is 0 Å². The third kappa shape index (κ3) is 4.57. The van der Waals surface area contributed by atoms with Crippen LogP contribution in [-0.4, -0.2) is 4.68 Å². The molecule has 4 heteroatoms. The molecule has 4 aromatic rings. The maximum absolute atomic E-state index is 6.75. The first-order valence-electron chi connectivity index (χ1n) is 14.2. The summed E-state index contributed by atoms with van der Waals surface area (Å²) >= 11 is 0. The Morgan fingerprint density at radius 2 is 1.76 bits per heavy atom. The van der Waals surface area contributed by atoms with E-state index in [2.05, 4.69) is 93.9 Å². The third-order valence-corrected chi connectivity index (χ3v) is 8.12. The van der Waals surface area contributed by atoms with Gasteiger partial charge in [-0.15, -0.1) is 0 Å². The molecular weight excluding hydrogens is 468 g/mol. The van der Waals surface area contributed by atoms with Crippen molar-refractivity contribution in [2.24, 2.45) is 0 Å². The minimum Gasteiger partial charge on any atom is -0.488 e. The van der Waals surface area contributed by atoms with Gasteiger partial charge < -0.3 is 9.47 Å². The first-order chi connectivity index (χ1) is 18.6. The Kier molecular flexibility index (Phi) is 6.65. The van der Waals surface area contributed by atoms with Gasteiger partial charge in [-0.1, -0.05) is 63.6 Å². The van der Waals surface area contributed by atoms with Crippen LogP contribution in [0.15, 0.2) is 60.8 Å². The van der Waals surface area contributed by atoms with Gasteiger partial charge in [0.25, 0.3) is 0 Å². The number of aryl methyl sites for hydroxylation is 3. The summed E-state index contributed by atoms with van der Waals surface area (Å²) in [5, 5.41) is 0. The van der Waals surface area contributed by atoms with Crippen molar-refractivity contribution in [3.05, 3.63) is 99.7 Å². The van der Waals surface area contributed by atoms with Crippen molar-refractivity contribution >= 4 is 5.82 Å². The molecule has 1 aliphatic carbocycles. The highest BCUT2D eigenvalue weighted by molar-refractivity contribution is 5.74. The second kappa shape index (κ2) is 10.2. The smallest absolute Gasteiger partial charge is 0.144 e. The molecule has 2 heterocycles. The number of aromatic nitrogens is 1. The number of hydrogen-bond donors (Lipinski definition) is 1. The summed E-state index contributed by atoms with van der Waals surface area (Å²) in [4.78, 5) is 0. The number of nitrogens with one attached hydrogen (secondary N) is 1. The summed E-state index contributed by atoms with van der Waals surface area (Å²) in [5.74, 6) is 2.99. The summed E-state index contributed by atoms with van der Waals surface area (Å²) in [5.41, 5.74) is 15.3. The highest BCUT2D eigenvalue weighted by Gasteiger charge is 2.28. The topological polar surface area (TPSA) is 45.3 Å². The van der Waals surface area contributed by atoms with E-state index in [1.807, 2.05) is 4.68 Å². The lowest BCUT2D eigenvalue weighted by Crippen LogP contribution is -2.06. The van der Waals surface area contributed by atoms with E-state index in [4.69, 9.17) is 9.47 Å². The zero-order valence-electron chi connectivity index (χ0n) is 23.1. The van der Waals surface area contributed by atoms with Gasteiger partial charge >= 0.3 is 0 Å². The van der Waals surface area contributed by atoms with Gasteiger partial charge in [0, 0.05) is 17.8 Å². The molecule has 4 nitrogen and oxygen atoms in total. The lowest BCUT2D eigenvalue weighted by molar-refractivity contribution is 0.204. The molecule has 0 saturated heterocycles. The van der Waals surface area contributed by atoms with E-state index in [1.165, 1.54) is 50.9 Å². The van der Waals surface area contributed by atoms with Crippen molar-refractivity contribution in [2.45, 2.75) is 78.9 Å². The molecule has 6 rings (SSSR count). The van der Waals surface area contributed by atoms with Crippen LogP contribution in [0.1, 0.15) is 78.7 Å². The summed E-state index contributed by atoms with van der Waals surface area (Å²) in [6.07, 6.45) is 8.48. The fourth-order valence-electron chi connectivity index (χ4n) is 6.14. The van der Waals surface area contributed by atoms with Gasteiger partial charge in [-0.05, 0) is 95.7 Å². The molecule has 1 aromatic heterocycles. The van der Waals surface area contributed by atoms with Crippen LogP contribution in [0.5, 0.6) is 11.5 Å². The fraction of sp³-hybridized carbons (Fsp3) is 0.353. The molecule has 0 radical (unpaired) electrons. The molecule has 0 saturated carbocycles. The van der Waals surface area contributed by atoms with Crippen LogP contribution in [0.4, 0.5) is 5.82 Å². The molecule has 0 spiro atoms. The molecule has 1 aliphatic heterocycles. The van der Waals surface area contributed by atoms with E-state index in [1.54, 1.807) is 0 Å². The molecule has 0 unspecified atom stereocenters. The zero-order chi connectivity index (χ0) is 26.2. The second-order valence-electron chi connectivity index (χ2n) is 10.6. The van der Waals surface area contributed by atoms with Gasteiger partial charge in [0.2, 0.25) is 0 Å². The molecule has 1 N–H and O–H groups in total. The predicted octanol–water partition coefficient (Wildman–Crippen LogP) is 8.37. The Morgan fingerprint density at radius 1 is 0.921 bits per heavy atom. The molecule has 2 aliphatic rings. The molecule has 38 heavy (non-hydrogen) atoms. The van der Waals surface area contributed by atoms with Gasteiger partial charge in [0.1, 0.15) is 30.0 Å². The highest BCUT2D eigenvalue weighted by Crippen LogP contribution is 2.43. The van der Waals surface area contributed by atoms with Crippen LogP contribution in [0.3, 0.4) is 0 Å². The Labute approximate surface area is 226 Å². The van der Waals surface area contributed by atoms with Crippen molar-refractivity contribution < 1.29 is 9.47 Å². The minimum absolute atomic E-state index is 0.0566. The number of rotatable bonds is 10. The molecular formula is C34H38N2O2.